The van der Waals surface area contributed by atoms with Gasteiger partial charge in [0.15, 0.2) is 0 Å². The first-order valence-corrected chi connectivity index (χ1v) is 6.44. The molecular formula is C15H16N4O2. The zero-order chi connectivity index (χ0) is 15.1. The molecule has 6 nitrogen and oxygen atoms in total. The highest BCUT2D eigenvalue weighted by Crippen LogP contribution is 2.07. The molecule has 1 heterocycles. The summed E-state index contributed by atoms with van der Waals surface area (Å²) >= 11 is 0. The molecule has 0 atom stereocenters. The normalized spacial score (nSPS) is 9.81. The fourth-order valence-corrected chi connectivity index (χ4v) is 1.82. The molecule has 0 aliphatic carbocycles. The van der Waals surface area contributed by atoms with Crippen molar-refractivity contribution < 1.29 is 9.90 Å². The molecule has 0 aliphatic rings. The molecule has 0 bridgehead atoms. The van der Waals surface area contributed by atoms with Gasteiger partial charge in [0.1, 0.15) is 25.8 Å². The molecule has 2 rings (SSSR count). The average molecular weight is 284 g/mol. The van der Waals surface area contributed by atoms with Gasteiger partial charge in [-0.1, -0.05) is 24.0 Å². The van der Waals surface area contributed by atoms with Gasteiger partial charge in [-0.25, -0.2) is 9.67 Å². The zero-order valence-electron chi connectivity index (χ0n) is 11.7. The number of aliphatic hydroxyl groups is 1. The van der Waals surface area contributed by atoms with E-state index in [-0.39, 0.29) is 19.1 Å². The van der Waals surface area contributed by atoms with Crippen molar-refractivity contribution in [2.24, 2.45) is 0 Å². The van der Waals surface area contributed by atoms with Crippen molar-refractivity contribution in [2.75, 3.05) is 13.7 Å². The maximum absolute atomic E-state index is 12.0. The first kappa shape index (κ1) is 14.8. The number of amides is 1. The van der Waals surface area contributed by atoms with E-state index in [1.165, 1.54) is 17.3 Å². The van der Waals surface area contributed by atoms with Gasteiger partial charge in [-0.3, -0.25) is 4.79 Å². The van der Waals surface area contributed by atoms with Crippen LogP contribution in [0.3, 0.4) is 0 Å². The summed E-state index contributed by atoms with van der Waals surface area (Å²) < 4.78 is 1.49. The fraction of sp³-hybridized carbons (Fsp3) is 0.267. The summed E-state index contributed by atoms with van der Waals surface area (Å²) in [7, 11) is 1.74. The van der Waals surface area contributed by atoms with Crippen molar-refractivity contribution in [3.05, 3.63) is 48.0 Å². The topological polar surface area (TPSA) is 71.2 Å². The van der Waals surface area contributed by atoms with Crippen LogP contribution in [-0.2, 0) is 17.9 Å². The van der Waals surface area contributed by atoms with Crippen molar-refractivity contribution >= 4 is 5.91 Å². The molecule has 6 heteroatoms. The number of hydrogen-bond acceptors (Lipinski definition) is 4. The Morgan fingerprint density at radius 3 is 3.05 bits per heavy atom. The van der Waals surface area contributed by atoms with E-state index >= 15 is 0 Å². The van der Waals surface area contributed by atoms with Crippen LogP contribution in [0, 0.1) is 11.8 Å². The Bertz CT molecular complexity index is 656. The van der Waals surface area contributed by atoms with Gasteiger partial charge in [-0.05, 0) is 17.7 Å². The lowest BCUT2D eigenvalue weighted by Gasteiger charge is -2.17. The van der Waals surface area contributed by atoms with E-state index in [1.54, 1.807) is 11.9 Å². The summed E-state index contributed by atoms with van der Waals surface area (Å²) in [4.78, 5) is 17.5. The Balaban J connectivity index is 1.98. The van der Waals surface area contributed by atoms with Gasteiger partial charge in [-0.15, -0.1) is 0 Å². The van der Waals surface area contributed by atoms with E-state index in [0.717, 1.165) is 11.1 Å². The number of aromatic nitrogens is 3. The minimum Gasteiger partial charge on any atom is -0.384 e. The lowest BCUT2D eigenvalue weighted by atomic mass is 10.1. The molecule has 0 radical (unpaired) electrons. The Labute approximate surface area is 123 Å². The largest absolute Gasteiger partial charge is 0.384 e. The lowest BCUT2D eigenvalue weighted by molar-refractivity contribution is -0.131. The first-order chi connectivity index (χ1) is 10.2. The smallest absolute Gasteiger partial charge is 0.244 e. The number of carbonyl (C=O) groups is 1. The maximum Gasteiger partial charge on any atom is 0.244 e. The minimum absolute atomic E-state index is 0.0488. The standard InChI is InChI=1S/C15H16N4O2/c1-18(15(21)10-19-12-16-11-17-19)9-14-5-2-4-13(8-14)6-3-7-20/h2,4-5,8,11-12,20H,7,9-10H2,1H3. The van der Waals surface area contributed by atoms with Gasteiger partial charge < -0.3 is 10.0 Å². The summed E-state index contributed by atoms with van der Waals surface area (Å²) in [6, 6.07) is 7.58. The Morgan fingerprint density at radius 2 is 2.33 bits per heavy atom. The predicted octanol–water partition coefficient (Wildman–Crippen LogP) is 0.281. The molecule has 0 aliphatic heterocycles. The summed E-state index contributed by atoms with van der Waals surface area (Å²) in [5.41, 5.74) is 1.80. The van der Waals surface area contributed by atoms with Crippen LogP contribution in [0.15, 0.2) is 36.9 Å². The SMILES string of the molecule is CN(Cc1cccc(C#CCO)c1)C(=O)Cn1cncn1. The third-order valence-corrected chi connectivity index (χ3v) is 2.85. The second-order valence-corrected chi connectivity index (χ2v) is 4.50. The Kier molecular flexibility index (Phi) is 5.07. The number of nitrogens with zero attached hydrogens (tertiary/aromatic N) is 4. The molecule has 2 aromatic rings. The van der Waals surface area contributed by atoms with Crippen LogP contribution in [-0.4, -0.2) is 44.3 Å². The number of aliphatic hydroxyl groups excluding tert-OH is 1. The first-order valence-electron chi connectivity index (χ1n) is 6.44. The number of hydrogen-bond donors (Lipinski definition) is 1. The highest BCUT2D eigenvalue weighted by molar-refractivity contribution is 5.75. The highest BCUT2D eigenvalue weighted by Gasteiger charge is 2.10. The van der Waals surface area contributed by atoms with Crippen LogP contribution in [0.2, 0.25) is 0 Å². The quantitative estimate of drug-likeness (QED) is 0.819. The minimum atomic E-state index is -0.166. The van der Waals surface area contributed by atoms with Gasteiger partial charge in [0, 0.05) is 19.2 Å². The molecule has 108 valence electrons. The zero-order valence-corrected chi connectivity index (χ0v) is 11.7. The van der Waals surface area contributed by atoms with Gasteiger partial charge in [-0.2, -0.15) is 5.10 Å². The molecule has 0 spiro atoms. The molecule has 1 aromatic carbocycles. The molecule has 0 saturated carbocycles. The highest BCUT2D eigenvalue weighted by atomic mass is 16.2. The number of rotatable bonds is 4. The molecule has 0 unspecified atom stereocenters. The van der Waals surface area contributed by atoms with E-state index in [9.17, 15) is 4.79 Å². The van der Waals surface area contributed by atoms with E-state index in [4.69, 9.17) is 5.11 Å². The third-order valence-electron chi connectivity index (χ3n) is 2.85. The molecule has 1 amide bonds. The average Bonchev–Trinajstić information content (AvgIpc) is 2.98. The van der Waals surface area contributed by atoms with Crippen molar-refractivity contribution in [2.45, 2.75) is 13.1 Å². The molecule has 1 N–H and O–H groups in total. The van der Waals surface area contributed by atoms with E-state index in [2.05, 4.69) is 21.9 Å². The summed E-state index contributed by atoms with van der Waals surface area (Å²) in [5.74, 6) is 5.40. The van der Waals surface area contributed by atoms with E-state index in [1.807, 2.05) is 24.3 Å². The Hall–Kier alpha value is -2.65. The molecule has 0 saturated heterocycles. The fourth-order valence-electron chi connectivity index (χ4n) is 1.82. The van der Waals surface area contributed by atoms with Crippen molar-refractivity contribution in [3.8, 4) is 11.8 Å². The van der Waals surface area contributed by atoms with E-state index in [0.29, 0.717) is 6.54 Å². The lowest BCUT2D eigenvalue weighted by Crippen LogP contribution is -2.29. The predicted molar refractivity (Wildman–Crippen MR) is 76.9 cm³/mol. The van der Waals surface area contributed by atoms with Crippen LogP contribution in [0.5, 0.6) is 0 Å². The van der Waals surface area contributed by atoms with Crippen molar-refractivity contribution in [1.29, 1.82) is 0 Å². The van der Waals surface area contributed by atoms with Gasteiger partial charge >= 0.3 is 0 Å². The molecule has 0 fully saturated rings. The third kappa shape index (κ3) is 4.44. The number of benzene rings is 1. The second kappa shape index (κ2) is 7.22. The summed E-state index contributed by atoms with van der Waals surface area (Å²) in [6.07, 6.45) is 2.91. The van der Waals surface area contributed by atoms with Crippen LogP contribution >= 0.6 is 0 Å². The monoisotopic (exact) mass is 284 g/mol. The van der Waals surface area contributed by atoms with E-state index < -0.39 is 0 Å². The summed E-state index contributed by atoms with van der Waals surface area (Å²) in [5, 5.41) is 12.6. The molecular weight excluding hydrogens is 268 g/mol. The second-order valence-electron chi connectivity index (χ2n) is 4.50. The van der Waals surface area contributed by atoms with Crippen molar-refractivity contribution in [1.82, 2.24) is 19.7 Å². The van der Waals surface area contributed by atoms with Crippen LogP contribution in [0.1, 0.15) is 11.1 Å². The molecule has 21 heavy (non-hydrogen) atoms. The summed E-state index contributed by atoms with van der Waals surface area (Å²) in [6.45, 7) is 0.489. The van der Waals surface area contributed by atoms with Gasteiger partial charge in [0.25, 0.3) is 0 Å². The van der Waals surface area contributed by atoms with Crippen LogP contribution in [0.25, 0.3) is 0 Å². The Morgan fingerprint density at radius 1 is 1.48 bits per heavy atom. The maximum atomic E-state index is 12.0. The number of likely N-dealkylation sites (N-methyl/N-ethyl adjacent to an activating group) is 1. The van der Waals surface area contributed by atoms with Crippen LogP contribution < -0.4 is 0 Å². The van der Waals surface area contributed by atoms with Gasteiger partial charge in [0.05, 0.1) is 0 Å². The van der Waals surface area contributed by atoms with Crippen molar-refractivity contribution in [3.63, 3.8) is 0 Å². The molecule has 1 aromatic heterocycles. The van der Waals surface area contributed by atoms with Gasteiger partial charge in [0.2, 0.25) is 5.91 Å². The number of carbonyl (C=O) groups excluding carboxylic acids is 1. The van der Waals surface area contributed by atoms with Crippen LogP contribution in [0.4, 0.5) is 0 Å².